The number of rotatable bonds is 4. The van der Waals surface area contributed by atoms with Crippen LogP contribution in [0.5, 0.6) is 11.5 Å². The smallest absolute Gasteiger partial charge is 0.274 e. The summed E-state index contributed by atoms with van der Waals surface area (Å²) in [6, 6.07) is 3.84. The fraction of sp³-hybridized carbons (Fsp3) is 0.308. The molecule has 0 aromatic heterocycles. The molecular formula is C13H15N3O4. The first-order valence-corrected chi connectivity index (χ1v) is 6.07. The van der Waals surface area contributed by atoms with Crippen molar-refractivity contribution >= 4 is 17.6 Å². The predicted octanol–water partition coefficient (Wildman–Crippen LogP) is -0.176. The molecule has 1 aliphatic heterocycles. The summed E-state index contributed by atoms with van der Waals surface area (Å²) in [5.74, 6) is -0.258. The van der Waals surface area contributed by atoms with E-state index in [1.165, 1.54) is 7.11 Å². The van der Waals surface area contributed by atoms with Crippen LogP contribution in [0.1, 0.15) is 12.5 Å². The summed E-state index contributed by atoms with van der Waals surface area (Å²) >= 11 is 0. The molecule has 0 saturated carbocycles. The van der Waals surface area contributed by atoms with Crippen LogP contribution in [0.2, 0.25) is 0 Å². The van der Waals surface area contributed by atoms with Crippen molar-refractivity contribution in [3.05, 3.63) is 23.8 Å². The van der Waals surface area contributed by atoms with Crippen molar-refractivity contribution in [3.63, 3.8) is 0 Å². The SMILES string of the molecule is CCOc1c(OC)cccc1C1=NC(=O)C(N)C(=O)N1. The molecule has 0 saturated heterocycles. The third-order valence-electron chi connectivity index (χ3n) is 2.75. The van der Waals surface area contributed by atoms with Gasteiger partial charge in [0.1, 0.15) is 5.84 Å². The van der Waals surface area contributed by atoms with Gasteiger partial charge in [-0.2, -0.15) is 4.99 Å². The van der Waals surface area contributed by atoms with Crippen LogP contribution in [-0.4, -0.2) is 37.4 Å². The molecule has 0 spiro atoms. The minimum atomic E-state index is -1.26. The van der Waals surface area contributed by atoms with E-state index in [0.717, 1.165) is 0 Å². The Morgan fingerprint density at radius 2 is 2.15 bits per heavy atom. The van der Waals surface area contributed by atoms with Gasteiger partial charge < -0.3 is 20.5 Å². The van der Waals surface area contributed by atoms with E-state index < -0.39 is 17.9 Å². The number of hydrogen-bond donors (Lipinski definition) is 2. The van der Waals surface area contributed by atoms with Crippen molar-refractivity contribution in [3.8, 4) is 11.5 Å². The van der Waals surface area contributed by atoms with Gasteiger partial charge in [0.05, 0.1) is 19.3 Å². The van der Waals surface area contributed by atoms with Gasteiger partial charge in [-0.25, -0.2) is 0 Å². The Morgan fingerprint density at radius 1 is 1.40 bits per heavy atom. The van der Waals surface area contributed by atoms with Crippen LogP contribution >= 0.6 is 0 Å². The number of para-hydroxylation sites is 1. The molecule has 2 amide bonds. The molecule has 1 aromatic rings. The van der Waals surface area contributed by atoms with E-state index in [0.29, 0.717) is 23.7 Å². The van der Waals surface area contributed by atoms with Crippen LogP contribution < -0.4 is 20.5 Å². The van der Waals surface area contributed by atoms with Gasteiger partial charge in [0, 0.05) is 0 Å². The molecule has 1 aliphatic rings. The maximum Gasteiger partial charge on any atom is 0.274 e. The highest BCUT2D eigenvalue weighted by Gasteiger charge is 2.30. The molecule has 1 atom stereocenters. The number of carbonyl (C=O) groups is 2. The molecule has 0 fully saturated rings. The monoisotopic (exact) mass is 277 g/mol. The summed E-state index contributed by atoms with van der Waals surface area (Å²) < 4.78 is 10.7. The number of nitrogens with zero attached hydrogens (tertiary/aromatic N) is 1. The normalized spacial score (nSPS) is 18.4. The predicted molar refractivity (Wildman–Crippen MR) is 71.8 cm³/mol. The number of amidine groups is 1. The Labute approximate surface area is 115 Å². The molecule has 7 nitrogen and oxygen atoms in total. The van der Waals surface area contributed by atoms with E-state index in [2.05, 4.69) is 10.3 Å². The minimum absolute atomic E-state index is 0.115. The van der Waals surface area contributed by atoms with E-state index in [9.17, 15) is 9.59 Å². The Morgan fingerprint density at radius 3 is 2.75 bits per heavy atom. The van der Waals surface area contributed by atoms with Gasteiger partial charge >= 0.3 is 0 Å². The lowest BCUT2D eigenvalue weighted by atomic mass is 10.1. The highest BCUT2D eigenvalue weighted by atomic mass is 16.5. The number of amides is 2. The Hall–Kier alpha value is -2.41. The standard InChI is InChI=1S/C13H15N3O4/c1-3-20-10-7(5-4-6-8(10)19-2)11-15-12(17)9(14)13(18)16-11/h4-6,9H,3,14H2,1-2H3,(H,15,16,17,18). The lowest BCUT2D eigenvalue weighted by Crippen LogP contribution is -2.52. The topological polar surface area (TPSA) is 103 Å². The summed E-state index contributed by atoms with van der Waals surface area (Å²) in [4.78, 5) is 27.0. The zero-order valence-electron chi connectivity index (χ0n) is 11.2. The Bertz CT molecular complexity index is 583. The number of nitrogens with one attached hydrogen (secondary N) is 1. The number of benzene rings is 1. The van der Waals surface area contributed by atoms with Crippen LogP contribution in [0.3, 0.4) is 0 Å². The molecule has 20 heavy (non-hydrogen) atoms. The van der Waals surface area contributed by atoms with E-state index in [1.54, 1.807) is 18.2 Å². The number of carbonyl (C=O) groups excluding carboxylic acids is 2. The maximum atomic E-state index is 11.6. The molecule has 1 aromatic carbocycles. The van der Waals surface area contributed by atoms with Gasteiger partial charge in [-0.15, -0.1) is 0 Å². The number of aliphatic imine (C=N–C) groups is 1. The molecule has 2 rings (SSSR count). The number of ether oxygens (including phenoxy) is 2. The van der Waals surface area contributed by atoms with Gasteiger partial charge in [-0.1, -0.05) is 6.07 Å². The second-order valence-electron chi connectivity index (χ2n) is 4.04. The minimum Gasteiger partial charge on any atom is -0.493 e. The fourth-order valence-corrected chi connectivity index (χ4v) is 1.80. The Kier molecular flexibility index (Phi) is 3.99. The van der Waals surface area contributed by atoms with Crippen molar-refractivity contribution < 1.29 is 19.1 Å². The van der Waals surface area contributed by atoms with Crippen molar-refractivity contribution in [2.45, 2.75) is 13.0 Å². The first-order valence-electron chi connectivity index (χ1n) is 6.07. The van der Waals surface area contributed by atoms with Crippen molar-refractivity contribution in [1.82, 2.24) is 5.32 Å². The molecular weight excluding hydrogens is 262 g/mol. The molecule has 3 N–H and O–H groups in total. The Balaban J connectivity index is 2.50. The van der Waals surface area contributed by atoms with Crippen LogP contribution in [0, 0.1) is 0 Å². The van der Waals surface area contributed by atoms with Crippen molar-refractivity contribution in [2.75, 3.05) is 13.7 Å². The average molecular weight is 277 g/mol. The highest BCUT2D eigenvalue weighted by molar-refractivity contribution is 6.23. The van der Waals surface area contributed by atoms with E-state index in [4.69, 9.17) is 15.2 Å². The van der Waals surface area contributed by atoms with Gasteiger partial charge in [0.2, 0.25) is 0 Å². The average Bonchev–Trinajstić information content (AvgIpc) is 2.44. The van der Waals surface area contributed by atoms with E-state index in [-0.39, 0.29) is 5.84 Å². The third-order valence-corrected chi connectivity index (χ3v) is 2.75. The molecule has 0 aliphatic carbocycles. The van der Waals surface area contributed by atoms with Crippen molar-refractivity contribution in [1.29, 1.82) is 0 Å². The second kappa shape index (κ2) is 5.70. The molecule has 106 valence electrons. The second-order valence-corrected chi connectivity index (χ2v) is 4.04. The summed E-state index contributed by atoms with van der Waals surface area (Å²) in [6.45, 7) is 2.22. The summed E-state index contributed by atoms with van der Waals surface area (Å²) in [5.41, 5.74) is 5.86. The van der Waals surface area contributed by atoms with Gasteiger partial charge in [-0.05, 0) is 19.1 Å². The van der Waals surface area contributed by atoms with Crippen LogP contribution in [-0.2, 0) is 9.59 Å². The third kappa shape index (κ3) is 2.48. The molecule has 0 radical (unpaired) electrons. The zero-order chi connectivity index (χ0) is 14.7. The van der Waals surface area contributed by atoms with Gasteiger partial charge in [-0.3, -0.25) is 9.59 Å². The summed E-state index contributed by atoms with van der Waals surface area (Å²) in [5, 5.41) is 2.49. The van der Waals surface area contributed by atoms with E-state index >= 15 is 0 Å². The van der Waals surface area contributed by atoms with Crippen LogP contribution in [0.15, 0.2) is 23.2 Å². The quantitative estimate of drug-likeness (QED) is 0.743. The molecule has 1 unspecified atom stereocenters. The van der Waals surface area contributed by atoms with E-state index in [1.807, 2.05) is 6.92 Å². The number of nitrogens with two attached hydrogens (primary N) is 1. The molecule has 0 bridgehead atoms. The van der Waals surface area contributed by atoms with Crippen LogP contribution in [0.4, 0.5) is 0 Å². The first-order chi connectivity index (χ1) is 9.58. The lowest BCUT2D eigenvalue weighted by Gasteiger charge is -2.20. The first kappa shape index (κ1) is 14.0. The van der Waals surface area contributed by atoms with Gasteiger partial charge in [0.15, 0.2) is 17.5 Å². The number of hydrogen-bond acceptors (Lipinski definition) is 5. The zero-order valence-corrected chi connectivity index (χ0v) is 11.2. The fourth-order valence-electron chi connectivity index (χ4n) is 1.80. The largest absolute Gasteiger partial charge is 0.493 e. The maximum absolute atomic E-state index is 11.6. The molecule has 7 heteroatoms. The summed E-state index contributed by atoms with van der Waals surface area (Å²) in [6.07, 6.45) is 0. The van der Waals surface area contributed by atoms with Crippen molar-refractivity contribution in [2.24, 2.45) is 10.7 Å². The summed E-state index contributed by atoms with van der Waals surface area (Å²) in [7, 11) is 1.50. The van der Waals surface area contributed by atoms with Crippen LogP contribution in [0.25, 0.3) is 0 Å². The number of methoxy groups -OCH3 is 1. The molecule has 1 heterocycles. The highest BCUT2D eigenvalue weighted by Crippen LogP contribution is 2.31. The lowest BCUT2D eigenvalue weighted by molar-refractivity contribution is -0.129. The van der Waals surface area contributed by atoms with Gasteiger partial charge in [0.25, 0.3) is 11.8 Å².